The van der Waals surface area contributed by atoms with Crippen LogP contribution in [0, 0.1) is 5.82 Å². The molecule has 0 saturated heterocycles. The molecule has 0 bridgehead atoms. The van der Waals surface area contributed by atoms with Crippen LogP contribution < -0.4 is 5.73 Å². The third-order valence-electron chi connectivity index (χ3n) is 2.61. The van der Waals surface area contributed by atoms with Crippen molar-refractivity contribution in [3.63, 3.8) is 0 Å². The van der Waals surface area contributed by atoms with Crippen LogP contribution in [-0.4, -0.2) is 5.97 Å². The van der Waals surface area contributed by atoms with Crippen LogP contribution in [0.25, 0.3) is 0 Å². The van der Waals surface area contributed by atoms with Crippen molar-refractivity contribution in [2.24, 2.45) is 0 Å². The van der Waals surface area contributed by atoms with Gasteiger partial charge in [-0.3, -0.25) is 4.79 Å². The van der Waals surface area contributed by atoms with Gasteiger partial charge in [-0.25, -0.2) is 4.39 Å². The molecule has 0 aliphatic rings. The number of nitrogens with two attached hydrogens (primary N) is 1. The lowest BCUT2D eigenvalue weighted by molar-refractivity contribution is -0.144. The Bertz CT molecular complexity index is 567. The van der Waals surface area contributed by atoms with E-state index in [1.165, 1.54) is 12.1 Å². The zero-order valence-corrected chi connectivity index (χ0v) is 10.3. The summed E-state index contributed by atoms with van der Waals surface area (Å²) in [6, 6.07) is 12.9. The van der Waals surface area contributed by atoms with Crippen LogP contribution in [0.2, 0.25) is 0 Å². The predicted octanol–water partition coefficient (Wildman–Crippen LogP) is 2.69. The van der Waals surface area contributed by atoms with Crippen molar-refractivity contribution in [1.29, 1.82) is 0 Å². The highest BCUT2D eigenvalue weighted by Crippen LogP contribution is 2.09. The summed E-state index contributed by atoms with van der Waals surface area (Å²) in [5, 5.41) is 0. The number of benzene rings is 2. The molecule has 0 spiro atoms. The standard InChI is InChI=1S/C15H14FNO2/c16-13-6-4-11(5-7-13)10-19-15(18)9-12-2-1-3-14(17)8-12/h1-8H,9-10,17H2. The smallest absolute Gasteiger partial charge is 0.310 e. The minimum Gasteiger partial charge on any atom is -0.461 e. The van der Waals surface area contributed by atoms with Crippen LogP contribution in [0.5, 0.6) is 0 Å². The number of carbonyl (C=O) groups excluding carboxylic acids is 1. The molecule has 2 aromatic carbocycles. The van der Waals surface area contributed by atoms with Gasteiger partial charge in [-0.15, -0.1) is 0 Å². The third kappa shape index (κ3) is 4.10. The second kappa shape index (κ2) is 6.00. The van der Waals surface area contributed by atoms with E-state index in [4.69, 9.17) is 10.5 Å². The molecule has 0 atom stereocenters. The first-order chi connectivity index (χ1) is 9.13. The molecular formula is C15H14FNO2. The van der Waals surface area contributed by atoms with Crippen molar-refractivity contribution in [3.8, 4) is 0 Å². The van der Waals surface area contributed by atoms with Gasteiger partial charge < -0.3 is 10.5 Å². The lowest BCUT2D eigenvalue weighted by Crippen LogP contribution is -2.08. The van der Waals surface area contributed by atoms with Gasteiger partial charge in [0.2, 0.25) is 0 Å². The van der Waals surface area contributed by atoms with E-state index in [1.807, 2.05) is 6.07 Å². The quantitative estimate of drug-likeness (QED) is 0.678. The van der Waals surface area contributed by atoms with Crippen LogP contribution in [0.3, 0.4) is 0 Å². The number of esters is 1. The minimum atomic E-state index is -0.338. The second-order valence-corrected chi connectivity index (χ2v) is 4.21. The van der Waals surface area contributed by atoms with Crippen LogP contribution in [0.4, 0.5) is 10.1 Å². The molecule has 0 unspecified atom stereocenters. The van der Waals surface area contributed by atoms with Crippen molar-refractivity contribution in [2.45, 2.75) is 13.0 Å². The normalized spacial score (nSPS) is 10.2. The van der Waals surface area contributed by atoms with Gasteiger partial charge in [0, 0.05) is 5.69 Å². The van der Waals surface area contributed by atoms with Crippen molar-refractivity contribution < 1.29 is 13.9 Å². The SMILES string of the molecule is Nc1cccc(CC(=O)OCc2ccc(F)cc2)c1. The molecule has 98 valence electrons. The summed E-state index contributed by atoms with van der Waals surface area (Å²) < 4.78 is 17.8. The summed E-state index contributed by atoms with van der Waals surface area (Å²) in [4.78, 5) is 11.6. The van der Waals surface area contributed by atoms with Gasteiger partial charge in [-0.05, 0) is 35.4 Å². The van der Waals surface area contributed by atoms with Gasteiger partial charge in [-0.1, -0.05) is 24.3 Å². The molecule has 0 radical (unpaired) electrons. The van der Waals surface area contributed by atoms with Gasteiger partial charge in [-0.2, -0.15) is 0 Å². The second-order valence-electron chi connectivity index (χ2n) is 4.21. The number of hydrogen-bond acceptors (Lipinski definition) is 3. The van der Waals surface area contributed by atoms with Crippen molar-refractivity contribution in [2.75, 3.05) is 5.73 Å². The maximum absolute atomic E-state index is 12.7. The molecule has 2 N–H and O–H groups in total. The molecular weight excluding hydrogens is 245 g/mol. The lowest BCUT2D eigenvalue weighted by atomic mass is 10.1. The molecule has 0 aliphatic heterocycles. The number of anilines is 1. The van der Waals surface area contributed by atoms with Crippen molar-refractivity contribution in [1.82, 2.24) is 0 Å². The first kappa shape index (κ1) is 13.1. The highest BCUT2D eigenvalue weighted by molar-refractivity contribution is 5.73. The first-order valence-electron chi connectivity index (χ1n) is 5.88. The molecule has 3 nitrogen and oxygen atoms in total. The summed E-state index contributed by atoms with van der Waals surface area (Å²) >= 11 is 0. The Morgan fingerprint density at radius 3 is 2.53 bits per heavy atom. The van der Waals surface area contributed by atoms with E-state index >= 15 is 0 Å². The van der Waals surface area contributed by atoms with Gasteiger partial charge in [0.05, 0.1) is 6.42 Å². The fourth-order valence-electron chi connectivity index (χ4n) is 1.67. The first-order valence-corrected chi connectivity index (χ1v) is 5.88. The Morgan fingerprint density at radius 2 is 1.84 bits per heavy atom. The molecule has 0 aliphatic carbocycles. The monoisotopic (exact) mass is 259 g/mol. The number of halogens is 1. The van der Waals surface area contributed by atoms with E-state index in [0.29, 0.717) is 5.69 Å². The molecule has 19 heavy (non-hydrogen) atoms. The maximum Gasteiger partial charge on any atom is 0.310 e. The minimum absolute atomic E-state index is 0.140. The molecule has 0 saturated carbocycles. The average molecular weight is 259 g/mol. The summed E-state index contributed by atoms with van der Waals surface area (Å²) in [7, 11) is 0. The molecule has 0 heterocycles. The number of nitrogen functional groups attached to an aromatic ring is 1. The third-order valence-corrected chi connectivity index (χ3v) is 2.61. The van der Waals surface area contributed by atoms with E-state index in [9.17, 15) is 9.18 Å². The molecule has 0 amide bonds. The van der Waals surface area contributed by atoms with Crippen molar-refractivity contribution in [3.05, 3.63) is 65.5 Å². The Kier molecular flexibility index (Phi) is 4.13. The lowest BCUT2D eigenvalue weighted by Gasteiger charge is -2.05. The fraction of sp³-hybridized carbons (Fsp3) is 0.133. The number of ether oxygens (including phenoxy) is 1. The van der Waals surface area contributed by atoms with Gasteiger partial charge in [0.1, 0.15) is 12.4 Å². The van der Waals surface area contributed by atoms with Gasteiger partial charge in [0.25, 0.3) is 0 Å². The molecule has 0 aromatic heterocycles. The Balaban J connectivity index is 1.86. The van der Waals surface area contributed by atoms with Crippen molar-refractivity contribution >= 4 is 11.7 Å². The van der Waals surface area contributed by atoms with E-state index in [0.717, 1.165) is 11.1 Å². The van der Waals surface area contributed by atoms with E-state index in [-0.39, 0.29) is 24.8 Å². The summed E-state index contributed by atoms with van der Waals surface area (Å²) in [6.45, 7) is 0.140. The molecule has 2 rings (SSSR count). The average Bonchev–Trinajstić information content (AvgIpc) is 2.38. The fourth-order valence-corrected chi connectivity index (χ4v) is 1.67. The number of carbonyl (C=O) groups is 1. The summed E-state index contributed by atoms with van der Waals surface area (Å²) in [6.07, 6.45) is 0.173. The number of rotatable bonds is 4. The van der Waals surface area contributed by atoms with Crippen LogP contribution in [0.1, 0.15) is 11.1 Å². The zero-order chi connectivity index (χ0) is 13.7. The molecule has 0 fully saturated rings. The maximum atomic E-state index is 12.7. The Hall–Kier alpha value is -2.36. The molecule has 2 aromatic rings. The zero-order valence-electron chi connectivity index (χ0n) is 10.3. The highest BCUT2D eigenvalue weighted by atomic mass is 19.1. The van der Waals surface area contributed by atoms with E-state index < -0.39 is 0 Å². The van der Waals surface area contributed by atoms with Gasteiger partial charge >= 0.3 is 5.97 Å². The molecule has 4 heteroatoms. The predicted molar refractivity (Wildman–Crippen MR) is 70.8 cm³/mol. The number of hydrogen-bond donors (Lipinski definition) is 1. The van der Waals surface area contributed by atoms with Crippen LogP contribution in [0.15, 0.2) is 48.5 Å². The summed E-state index contributed by atoms with van der Waals surface area (Å²) in [5.41, 5.74) is 7.80. The summed E-state index contributed by atoms with van der Waals surface area (Å²) in [5.74, 6) is -0.648. The van der Waals surface area contributed by atoms with Crippen LogP contribution in [-0.2, 0) is 22.6 Å². The highest BCUT2D eigenvalue weighted by Gasteiger charge is 2.05. The Morgan fingerprint density at radius 1 is 1.11 bits per heavy atom. The topological polar surface area (TPSA) is 52.3 Å². The largest absolute Gasteiger partial charge is 0.461 e. The van der Waals surface area contributed by atoms with E-state index in [1.54, 1.807) is 30.3 Å². The van der Waals surface area contributed by atoms with Gasteiger partial charge in [0.15, 0.2) is 0 Å². The Labute approximate surface area is 110 Å². The van der Waals surface area contributed by atoms with E-state index in [2.05, 4.69) is 0 Å². The van der Waals surface area contributed by atoms with Crippen LogP contribution >= 0.6 is 0 Å².